The second kappa shape index (κ2) is 7.48. The monoisotopic (exact) mass is 384 g/mol. The molecule has 0 aromatic heterocycles. The van der Waals surface area contributed by atoms with Crippen molar-refractivity contribution in [1.29, 1.82) is 0 Å². The van der Waals surface area contributed by atoms with Gasteiger partial charge in [0, 0.05) is 30.3 Å². The summed E-state index contributed by atoms with van der Waals surface area (Å²) in [5, 5.41) is 6.88. The number of rotatable bonds is 4. The Balaban J connectivity index is 1.51. The fourth-order valence-corrected chi connectivity index (χ4v) is 3.72. The molecule has 1 unspecified atom stereocenters. The number of anilines is 3. The van der Waals surface area contributed by atoms with E-state index in [9.17, 15) is 9.59 Å². The Labute approximate surface area is 163 Å². The molecule has 1 atom stereocenters. The highest BCUT2D eigenvalue weighted by atomic mass is 35.5. The van der Waals surface area contributed by atoms with Crippen LogP contribution in [0.1, 0.15) is 6.42 Å². The quantitative estimate of drug-likeness (QED) is 0.850. The topological polar surface area (TPSA) is 64.7 Å². The number of carbonyl (C=O) groups is 2. The zero-order valence-corrected chi connectivity index (χ0v) is 15.6. The molecule has 140 valence electrons. The van der Waals surface area contributed by atoms with E-state index in [1.165, 1.54) is 0 Å². The SMILES string of the molecule is O=C1CN(c2ccccc2NC2CCN(c3ccc(Cl)cc3)C2=O)CCN1. The lowest BCUT2D eigenvalue weighted by Gasteiger charge is -2.31. The standard InChI is InChI=1S/C20H21ClN4O2/c21-14-5-7-15(8-6-14)25-11-9-17(20(25)27)23-16-3-1-2-4-18(16)24-12-10-22-19(26)13-24/h1-8,17,23H,9-13H2,(H,22,26). The van der Waals surface area contributed by atoms with E-state index in [0.29, 0.717) is 24.7 Å². The summed E-state index contributed by atoms with van der Waals surface area (Å²) in [6.07, 6.45) is 0.719. The van der Waals surface area contributed by atoms with E-state index >= 15 is 0 Å². The summed E-state index contributed by atoms with van der Waals surface area (Å²) in [6.45, 7) is 2.36. The normalized spacial score (nSPS) is 20.0. The lowest BCUT2D eigenvalue weighted by molar-refractivity contribution is -0.120. The van der Waals surface area contributed by atoms with Gasteiger partial charge in [-0.2, -0.15) is 0 Å². The number of nitrogens with one attached hydrogen (secondary N) is 2. The molecule has 2 heterocycles. The smallest absolute Gasteiger partial charge is 0.249 e. The Kier molecular flexibility index (Phi) is 4.90. The minimum absolute atomic E-state index is 0.0157. The van der Waals surface area contributed by atoms with Crippen LogP contribution >= 0.6 is 11.6 Å². The second-order valence-corrected chi connectivity index (χ2v) is 7.18. The third-order valence-corrected chi connectivity index (χ3v) is 5.21. The van der Waals surface area contributed by atoms with Crippen molar-refractivity contribution in [2.45, 2.75) is 12.5 Å². The van der Waals surface area contributed by atoms with Crippen molar-refractivity contribution in [3.05, 3.63) is 53.6 Å². The number of piperazine rings is 1. The Bertz CT molecular complexity index is 855. The third-order valence-electron chi connectivity index (χ3n) is 4.96. The van der Waals surface area contributed by atoms with Crippen LogP contribution < -0.4 is 20.4 Å². The highest BCUT2D eigenvalue weighted by molar-refractivity contribution is 6.30. The van der Waals surface area contributed by atoms with Crippen LogP contribution in [-0.4, -0.2) is 44.0 Å². The largest absolute Gasteiger partial charge is 0.372 e. The van der Waals surface area contributed by atoms with E-state index in [-0.39, 0.29) is 17.9 Å². The Hall–Kier alpha value is -2.73. The van der Waals surface area contributed by atoms with Gasteiger partial charge in [0.15, 0.2) is 0 Å². The fourth-order valence-electron chi connectivity index (χ4n) is 3.59. The highest BCUT2D eigenvalue weighted by Crippen LogP contribution is 2.30. The van der Waals surface area contributed by atoms with Crippen molar-refractivity contribution in [1.82, 2.24) is 5.32 Å². The molecule has 2 saturated heterocycles. The van der Waals surface area contributed by atoms with Crippen LogP contribution in [0.3, 0.4) is 0 Å². The van der Waals surface area contributed by atoms with Crippen LogP contribution in [0.15, 0.2) is 48.5 Å². The van der Waals surface area contributed by atoms with Gasteiger partial charge in [0.25, 0.3) is 0 Å². The second-order valence-electron chi connectivity index (χ2n) is 6.74. The molecule has 2 aromatic rings. The van der Waals surface area contributed by atoms with Gasteiger partial charge in [0.1, 0.15) is 6.04 Å². The first-order valence-corrected chi connectivity index (χ1v) is 9.44. The molecular formula is C20H21ClN4O2. The molecule has 7 heteroatoms. The lowest BCUT2D eigenvalue weighted by atomic mass is 10.1. The fraction of sp³-hybridized carbons (Fsp3) is 0.300. The molecule has 2 fully saturated rings. The third kappa shape index (κ3) is 3.71. The summed E-state index contributed by atoms with van der Waals surface area (Å²) in [6, 6.07) is 14.8. The van der Waals surface area contributed by atoms with Gasteiger partial charge >= 0.3 is 0 Å². The molecule has 0 bridgehead atoms. The Morgan fingerprint density at radius 1 is 1.04 bits per heavy atom. The van der Waals surface area contributed by atoms with Crippen molar-refractivity contribution in [3.8, 4) is 0 Å². The minimum atomic E-state index is -0.291. The lowest BCUT2D eigenvalue weighted by Crippen LogP contribution is -2.48. The first kappa shape index (κ1) is 17.7. The molecule has 0 radical (unpaired) electrons. The Morgan fingerprint density at radius 3 is 2.59 bits per heavy atom. The molecule has 2 aromatic carbocycles. The first-order valence-electron chi connectivity index (χ1n) is 9.06. The first-order chi connectivity index (χ1) is 13.1. The maximum Gasteiger partial charge on any atom is 0.249 e. The van der Waals surface area contributed by atoms with Gasteiger partial charge in [-0.3, -0.25) is 9.59 Å². The summed E-state index contributed by atoms with van der Waals surface area (Å²) in [4.78, 5) is 28.4. The number of para-hydroxylation sites is 2. The minimum Gasteiger partial charge on any atom is -0.372 e. The number of hydrogen-bond acceptors (Lipinski definition) is 4. The predicted octanol–water partition coefficient (Wildman–Crippen LogP) is 2.49. The van der Waals surface area contributed by atoms with E-state index in [1.54, 1.807) is 17.0 Å². The van der Waals surface area contributed by atoms with Crippen LogP contribution in [0, 0.1) is 0 Å². The van der Waals surface area contributed by atoms with E-state index in [0.717, 1.165) is 30.0 Å². The molecular weight excluding hydrogens is 364 g/mol. The van der Waals surface area contributed by atoms with Gasteiger partial charge < -0.3 is 20.4 Å². The zero-order valence-electron chi connectivity index (χ0n) is 14.8. The molecule has 2 aliphatic rings. The number of halogens is 1. The molecule has 27 heavy (non-hydrogen) atoms. The van der Waals surface area contributed by atoms with Crippen LogP contribution in [0.5, 0.6) is 0 Å². The summed E-state index contributed by atoms with van der Waals surface area (Å²) < 4.78 is 0. The summed E-state index contributed by atoms with van der Waals surface area (Å²) in [5.74, 6) is 0.0606. The predicted molar refractivity (Wildman–Crippen MR) is 107 cm³/mol. The number of benzene rings is 2. The molecule has 2 N–H and O–H groups in total. The number of amides is 2. The molecule has 4 rings (SSSR count). The molecule has 6 nitrogen and oxygen atoms in total. The summed E-state index contributed by atoms with van der Waals surface area (Å²) in [7, 11) is 0. The maximum absolute atomic E-state index is 12.9. The van der Waals surface area contributed by atoms with Crippen LogP contribution in [0.4, 0.5) is 17.1 Å². The summed E-state index contributed by atoms with van der Waals surface area (Å²) >= 11 is 5.94. The van der Waals surface area contributed by atoms with Crippen LogP contribution in [-0.2, 0) is 9.59 Å². The van der Waals surface area contributed by atoms with Crippen molar-refractivity contribution < 1.29 is 9.59 Å². The number of carbonyl (C=O) groups excluding carboxylic acids is 2. The maximum atomic E-state index is 12.9. The van der Waals surface area contributed by atoms with E-state index < -0.39 is 0 Å². The molecule has 2 aliphatic heterocycles. The summed E-state index contributed by atoms with van der Waals surface area (Å²) in [5.41, 5.74) is 2.68. The van der Waals surface area contributed by atoms with E-state index in [1.807, 2.05) is 41.3 Å². The molecule has 0 aliphatic carbocycles. The number of nitrogens with zero attached hydrogens (tertiary/aromatic N) is 2. The van der Waals surface area contributed by atoms with Crippen molar-refractivity contribution in [3.63, 3.8) is 0 Å². The van der Waals surface area contributed by atoms with Gasteiger partial charge in [-0.1, -0.05) is 23.7 Å². The van der Waals surface area contributed by atoms with Gasteiger partial charge in [0.05, 0.1) is 17.9 Å². The van der Waals surface area contributed by atoms with E-state index in [2.05, 4.69) is 10.6 Å². The van der Waals surface area contributed by atoms with Crippen molar-refractivity contribution >= 4 is 40.5 Å². The average Bonchev–Trinajstić information content (AvgIpc) is 3.03. The van der Waals surface area contributed by atoms with Gasteiger partial charge in [0.2, 0.25) is 11.8 Å². The Morgan fingerprint density at radius 2 is 1.81 bits per heavy atom. The van der Waals surface area contributed by atoms with Crippen LogP contribution in [0.2, 0.25) is 5.02 Å². The van der Waals surface area contributed by atoms with Crippen LogP contribution in [0.25, 0.3) is 0 Å². The van der Waals surface area contributed by atoms with E-state index in [4.69, 9.17) is 11.6 Å². The zero-order chi connectivity index (χ0) is 18.8. The number of hydrogen-bond donors (Lipinski definition) is 2. The van der Waals surface area contributed by atoms with Gasteiger partial charge in [-0.25, -0.2) is 0 Å². The van der Waals surface area contributed by atoms with Crippen molar-refractivity contribution in [2.24, 2.45) is 0 Å². The van der Waals surface area contributed by atoms with Gasteiger partial charge in [-0.15, -0.1) is 0 Å². The highest BCUT2D eigenvalue weighted by Gasteiger charge is 2.33. The van der Waals surface area contributed by atoms with Crippen molar-refractivity contribution in [2.75, 3.05) is 41.3 Å². The van der Waals surface area contributed by atoms with Gasteiger partial charge in [-0.05, 0) is 42.8 Å². The molecule has 0 spiro atoms. The molecule has 2 amide bonds. The average molecular weight is 385 g/mol. The molecule has 0 saturated carbocycles.